The summed E-state index contributed by atoms with van der Waals surface area (Å²) >= 11 is 0. The number of benzene rings is 1. The number of carbonyl (C=O) groups excluding carboxylic acids is 2. The van der Waals surface area contributed by atoms with Gasteiger partial charge in [0.25, 0.3) is 5.91 Å². The minimum atomic E-state index is -0.238. The van der Waals surface area contributed by atoms with E-state index in [0.29, 0.717) is 24.8 Å². The van der Waals surface area contributed by atoms with Gasteiger partial charge in [-0.15, -0.1) is 0 Å². The summed E-state index contributed by atoms with van der Waals surface area (Å²) in [5.41, 5.74) is 4.44. The van der Waals surface area contributed by atoms with E-state index in [1.807, 2.05) is 16.5 Å². The van der Waals surface area contributed by atoms with Crippen LogP contribution in [0.25, 0.3) is 11.0 Å². The number of hydrogen-bond acceptors (Lipinski definition) is 5. The third-order valence-electron chi connectivity index (χ3n) is 8.33. The topological polar surface area (TPSA) is 81.9 Å². The van der Waals surface area contributed by atoms with E-state index in [1.165, 1.54) is 31.2 Å². The van der Waals surface area contributed by atoms with Gasteiger partial charge in [-0.3, -0.25) is 9.59 Å². The lowest BCUT2D eigenvalue weighted by Gasteiger charge is -2.41. The highest BCUT2D eigenvalue weighted by atomic mass is 16.3. The number of nitrogens with zero attached hydrogens (tertiary/aromatic N) is 5. The molecule has 2 aliphatic heterocycles. The van der Waals surface area contributed by atoms with Crippen LogP contribution in [0.15, 0.2) is 12.1 Å². The molecule has 1 aromatic heterocycles. The normalized spacial score (nSPS) is 26.1. The molecular formula is C26H35N5O3. The highest BCUT2D eigenvalue weighted by molar-refractivity contribution is 6.00. The molecule has 0 atom stereocenters. The van der Waals surface area contributed by atoms with E-state index in [2.05, 4.69) is 17.0 Å². The molecule has 1 aromatic carbocycles. The first-order valence-electron chi connectivity index (χ1n) is 13.0. The van der Waals surface area contributed by atoms with E-state index in [0.717, 1.165) is 55.5 Å². The van der Waals surface area contributed by atoms with Crippen molar-refractivity contribution in [1.82, 2.24) is 19.4 Å². The van der Waals surface area contributed by atoms with E-state index >= 15 is 0 Å². The second kappa shape index (κ2) is 8.56. The van der Waals surface area contributed by atoms with Crippen molar-refractivity contribution in [2.45, 2.75) is 69.4 Å². The lowest BCUT2D eigenvalue weighted by Crippen LogP contribution is -2.56. The van der Waals surface area contributed by atoms with Crippen molar-refractivity contribution in [2.24, 2.45) is 7.05 Å². The number of aliphatic hydroxyl groups excluding tert-OH is 1. The van der Waals surface area contributed by atoms with E-state index in [-0.39, 0.29) is 30.5 Å². The van der Waals surface area contributed by atoms with Crippen LogP contribution in [0.1, 0.15) is 73.5 Å². The molecule has 2 aromatic rings. The zero-order valence-electron chi connectivity index (χ0n) is 20.1. The standard InChI is InChI=1S/C26H35N5O3/c1-28-21-14-18(17-4-5-17)15-22(29-10-2-3-11-29)24(21)27-25(28)26(34)30-12-13-31(23(33)16-30)19-6-8-20(32)9-7-19/h14-15,17,19-20,32H,2-13,16H2,1H3/t19-,20-. The lowest BCUT2D eigenvalue weighted by molar-refractivity contribution is -0.138. The van der Waals surface area contributed by atoms with Gasteiger partial charge >= 0.3 is 0 Å². The fourth-order valence-corrected chi connectivity index (χ4v) is 6.09. The molecule has 2 saturated heterocycles. The first-order chi connectivity index (χ1) is 16.5. The molecule has 6 rings (SSSR count). The van der Waals surface area contributed by atoms with Crippen LogP contribution in [-0.4, -0.2) is 81.1 Å². The van der Waals surface area contributed by atoms with Crippen LogP contribution < -0.4 is 4.90 Å². The van der Waals surface area contributed by atoms with E-state index in [4.69, 9.17) is 4.98 Å². The van der Waals surface area contributed by atoms with Crippen molar-refractivity contribution < 1.29 is 14.7 Å². The predicted octanol–water partition coefficient (Wildman–Crippen LogP) is 2.64. The maximum Gasteiger partial charge on any atom is 0.290 e. The highest BCUT2D eigenvalue weighted by Crippen LogP contribution is 2.43. The fourth-order valence-electron chi connectivity index (χ4n) is 6.09. The second-order valence-corrected chi connectivity index (χ2v) is 10.6. The van der Waals surface area contributed by atoms with Crippen molar-refractivity contribution in [3.63, 3.8) is 0 Å². The minimum absolute atomic E-state index is 0.00790. The Morgan fingerprint density at radius 3 is 2.41 bits per heavy atom. The Morgan fingerprint density at radius 1 is 1.00 bits per heavy atom. The molecule has 8 heteroatoms. The van der Waals surface area contributed by atoms with Crippen LogP contribution >= 0.6 is 0 Å². The molecule has 8 nitrogen and oxygen atoms in total. The number of hydrogen-bond donors (Lipinski definition) is 1. The molecule has 0 spiro atoms. The first kappa shape index (κ1) is 21.9. The summed E-state index contributed by atoms with van der Waals surface area (Å²) in [6.45, 7) is 3.27. The molecule has 2 saturated carbocycles. The Labute approximate surface area is 200 Å². The van der Waals surface area contributed by atoms with Crippen molar-refractivity contribution in [3.05, 3.63) is 23.5 Å². The molecule has 34 heavy (non-hydrogen) atoms. The number of amides is 2. The molecule has 0 unspecified atom stereocenters. The van der Waals surface area contributed by atoms with E-state index < -0.39 is 0 Å². The number of fused-ring (bicyclic) bond motifs is 1. The van der Waals surface area contributed by atoms with Gasteiger partial charge in [0.2, 0.25) is 5.91 Å². The fraction of sp³-hybridized carbons (Fsp3) is 0.654. The number of anilines is 1. The number of aryl methyl sites for hydroxylation is 1. The summed E-state index contributed by atoms with van der Waals surface area (Å²) in [5, 5.41) is 9.79. The molecule has 1 N–H and O–H groups in total. The summed E-state index contributed by atoms with van der Waals surface area (Å²) in [7, 11) is 1.93. The second-order valence-electron chi connectivity index (χ2n) is 10.6. The van der Waals surface area contributed by atoms with Gasteiger partial charge in [0.1, 0.15) is 12.1 Å². The van der Waals surface area contributed by atoms with Crippen LogP contribution in [0.4, 0.5) is 5.69 Å². The van der Waals surface area contributed by atoms with Gasteiger partial charge < -0.3 is 24.4 Å². The van der Waals surface area contributed by atoms with Crippen LogP contribution in [0.3, 0.4) is 0 Å². The Bertz CT molecular complexity index is 1110. The third kappa shape index (κ3) is 3.85. The zero-order chi connectivity index (χ0) is 23.4. The Hall–Kier alpha value is -2.61. The summed E-state index contributed by atoms with van der Waals surface area (Å²) < 4.78 is 1.93. The Balaban J connectivity index is 1.25. The summed E-state index contributed by atoms with van der Waals surface area (Å²) in [6.07, 6.45) is 7.81. The van der Waals surface area contributed by atoms with Gasteiger partial charge in [0.15, 0.2) is 5.82 Å². The van der Waals surface area contributed by atoms with Crippen molar-refractivity contribution in [2.75, 3.05) is 37.6 Å². The van der Waals surface area contributed by atoms with Crippen molar-refractivity contribution in [3.8, 4) is 0 Å². The van der Waals surface area contributed by atoms with Gasteiger partial charge in [-0.25, -0.2) is 4.98 Å². The molecule has 0 bridgehead atoms. The number of aromatic nitrogens is 2. The van der Waals surface area contributed by atoms with E-state index in [9.17, 15) is 14.7 Å². The predicted molar refractivity (Wildman–Crippen MR) is 130 cm³/mol. The van der Waals surface area contributed by atoms with Gasteiger partial charge in [-0.2, -0.15) is 0 Å². The molecule has 0 radical (unpaired) electrons. The maximum absolute atomic E-state index is 13.6. The molecule has 3 heterocycles. The molecular weight excluding hydrogens is 430 g/mol. The van der Waals surface area contributed by atoms with Crippen LogP contribution in [-0.2, 0) is 11.8 Å². The van der Waals surface area contributed by atoms with Crippen LogP contribution in [0, 0.1) is 0 Å². The van der Waals surface area contributed by atoms with Crippen LogP contribution in [0.5, 0.6) is 0 Å². The van der Waals surface area contributed by atoms with Gasteiger partial charge in [-0.05, 0) is 75.0 Å². The Morgan fingerprint density at radius 2 is 1.74 bits per heavy atom. The van der Waals surface area contributed by atoms with Gasteiger partial charge in [-0.1, -0.05) is 0 Å². The molecule has 4 fully saturated rings. The van der Waals surface area contributed by atoms with Crippen molar-refractivity contribution in [1.29, 1.82) is 0 Å². The quantitative estimate of drug-likeness (QED) is 0.751. The monoisotopic (exact) mass is 465 g/mol. The average molecular weight is 466 g/mol. The smallest absolute Gasteiger partial charge is 0.290 e. The van der Waals surface area contributed by atoms with Gasteiger partial charge in [0, 0.05) is 39.3 Å². The lowest BCUT2D eigenvalue weighted by atomic mass is 9.91. The molecule has 2 amide bonds. The maximum atomic E-state index is 13.6. The third-order valence-corrected chi connectivity index (χ3v) is 8.33. The molecule has 182 valence electrons. The first-order valence-corrected chi connectivity index (χ1v) is 13.0. The summed E-state index contributed by atoms with van der Waals surface area (Å²) in [6, 6.07) is 4.71. The number of aliphatic hydroxyl groups is 1. The summed E-state index contributed by atoms with van der Waals surface area (Å²) in [4.78, 5) is 37.4. The highest BCUT2D eigenvalue weighted by Gasteiger charge is 2.35. The number of imidazole rings is 1. The number of carbonyl (C=O) groups is 2. The van der Waals surface area contributed by atoms with E-state index in [1.54, 1.807) is 4.90 Å². The minimum Gasteiger partial charge on any atom is -0.393 e. The largest absolute Gasteiger partial charge is 0.393 e. The summed E-state index contributed by atoms with van der Waals surface area (Å²) in [5.74, 6) is 0.900. The average Bonchev–Trinajstić information content (AvgIpc) is 3.45. The number of rotatable bonds is 4. The van der Waals surface area contributed by atoms with Gasteiger partial charge in [0.05, 0.1) is 17.3 Å². The van der Waals surface area contributed by atoms with Crippen LogP contribution in [0.2, 0.25) is 0 Å². The SMILES string of the molecule is Cn1c(C(=O)N2CCN([C@H]3CC[C@H](O)CC3)C(=O)C2)nc2c(N3CCCC3)cc(C3CC3)cc21. The number of piperazine rings is 1. The molecule has 2 aliphatic carbocycles. The van der Waals surface area contributed by atoms with Crippen molar-refractivity contribution >= 4 is 28.5 Å². The zero-order valence-corrected chi connectivity index (χ0v) is 20.1. The Kier molecular flexibility index (Phi) is 5.51. The molecule has 4 aliphatic rings.